The van der Waals surface area contributed by atoms with Crippen molar-refractivity contribution in [3.63, 3.8) is 0 Å². The molecule has 0 unspecified atom stereocenters. The van der Waals surface area contributed by atoms with Gasteiger partial charge in [0.15, 0.2) is 5.76 Å². The molecular formula is C22H22ClNO4. The van der Waals surface area contributed by atoms with E-state index in [1.54, 1.807) is 4.90 Å². The number of hydrogen-bond donors (Lipinski definition) is 1. The van der Waals surface area contributed by atoms with Crippen LogP contribution in [0.25, 0.3) is 0 Å². The maximum atomic E-state index is 12.5. The Hall–Kier alpha value is -2.34. The maximum Gasteiger partial charge on any atom is 0.288 e. The lowest BCUT2D eigenvalue weighted by molar-refractivity contribution is -0.152. The summed E-state index contributed by atoms with van der Waals surface area (Å²) in [6.45, 7) is 1.93. The van der Waals surface area contributed by atoms with Gasteiger partial charge < -0.3 is 19.5 Å². The molecule has 2 aromatic rings. The quantitative estimate of drug-likeness (QED) is 0.754. The van der Waals surface area contributed by atoms with E-state index in [-0.39, 0.29) is 18.4 Å². The van der Waals surface area contributed by atoms with Gasteiger partial charge in [0.25, 0.3) is 5.91 Å². The molecule has 0 bridgehead atoms. The average Bonchev–Trinajstić information content (AvgIpc) is 3.58. The van der Waals surface area contributed by atoms with E-state index in [0.29, 0.717) is 23.8 Å². The number of amides is 1. The Morgan fingerprint density at radius 1 is 1.11 bits per heavy atom. The Morgan fingerprint density at radius 2 is 1.79 bits per heavy atom. The molecule has 1 fully saturated rings. The molecule has 146 valence electrons. The Balaban J connectivity index is 1.48. The molecule has 0 radical (unpaired) electrons. The number of carbonyl (C=O) groups excluding carboxylic acids is 1. The van der Waals surface area contributed by atoms with Crippen LogP contribution in [0, 0.1) is 0 Å². The molecule has 0 saturated carbocycles. The second-order valence-corrected chi connectivity index (χ2v) is 7.49. The van der Waals surface area contributed by atoms with Crippen LogP contribution in [0.3, 0.4) is 0 Å². The summed E-state index contributed by atoms with van der Waals surface area (Å²) in [6.07, 6.45) is 1.99. The van der Waals surface area contributed by atoms with E-state index in [4.69, 9.17) is 26.2 Å². The number of aliphatic hydroxyl groups is 1. The summed E-state index contributed by atoms with van der Waals surface area (Å²) in [4.78, 5) is 14.3. The van der Waals surface area contributed by atoms with Gasteiger partial charge >= 0.3 is 0 Å². The molecule has 0 spiro atoms. The summed E-state index contributed by atoms with van der Waals surface area (Å²) in [5, 5.41) is 9.83. The van der Waals surface area contributed by atoms with Gasteiger partial charge in [-0.15, -0.1) is 0 Å². The fourth-order valence-corrected chi connectivity index (χ4v) is 3.32. The molecular weight excluding hydrogens is 378 g/mol. The predicted octanol–water partition coefficient (Wildman–Crippen LogP) is 3.61. The fourth-order valence-electron chi connectivity index (χ4n) is 3.19. The van der Waals surface area contributed by atoms with Crippen LogP contribution in [0.4, 0.5) is 0 Å². The zero-order valence-corrected chi connectivity index (χ0v) is 16.1. The van der Waals surface area contributed by atoms with Gasteiger partial charge in [-0.3, -0.25) is 4.79 Å². The Labute approximate surface area is 169 Å². The lowest BCUT2D eigenvalue weighted by Gasteiger charge is -2.29. The van der Waals surface area contributed by atoms with Gasteiger partial charge in [0.05, 0.1) is 13.2 Å². The van der Waals surface area contributed by atoms with Crippen molar-refractivity contribution in [3.8, 4) is 0 Å². The van der Waals surface area contributed by atoms with E-state index in [9.17, 15) is 4.79 Å². The third-order valence-electron chi connectivity index (χ3n) is 4.94. The number of benzene rings is 2. The van der Waals surface area contributed by atoms with E-state index in [2.05, 4.69) is 0 Å². The summed E-state index contributed by atoms with van der Waals surface area (Å²) in [6, 6.07) is 15.2. The first-order valence-corrected chi connectivity index (χ1v) is 9.73. The Morgan fingerprint density at radius 3 is 2.43 bits per heavy atom. The van der Waals surface area contributed by atoms with Gasteiger partial charge in [-0.25, -0.2) is 0 Å². The molecule has 2 aliphatic heterocycles. The summed E-state index contributed by atoms with van der Waals surface area (Å²) >= 11 is 6.01. The third kappa shape index (κ3) is 4.55. The van der Waals surface area contributed by atoms with Gasteiger partial charge in [-0.05, 0) is 34.9 Å². The van der Waals surface area contributed by atoms with Crippen LogP contribution in [0.5, 0.6) is 0 Å². The lowest BCUT2D eigenvalue weighted by Crippen LogP contribution is -2.29. The number of ether oxygens (including phenoxy) is 2. The summed E-state index contributed by atoms with van der Waals surface area (Å²) < 4.78 is 11.8. The number of allylic oxidation sites excluding steroid dienone is 1. The number of hydrogen-bond acceptors (Lipinski definition) is 4. The van der Waals surface area contributed by atoms with Crippen molar-refractivity contribution in [3.05, 3.63) is 82.1 Å². The molecule has 0 aliphatic carbocycles. The van der Waals surface area contributed by atoms with E-state index in [0.717, 1.165) is 29.8 Å². The molecule has 1 saturated heterocycles. The zero-order chi connectivity index (χ0) is 19.5. The first kappa shape index (κ1) is 19.0. The van der Waals surface area contributed by atoms with Crippen LogP contribution in [-0.4, -0.2) is 35.3 Å². The molecule has 2 heterocycles. The van der Waals surface area contributed by atoms with Crippen LogP contribution < -0.4 is 0 Å². The number of rotatable bonds is 6. The van der Waals surface area contributed by atoms with Gasteiger partial charge in [0, 0.05) is 30.5 Å². The second-order valence-electron chi connectivity index (χ2n) is 7.05. The first-order chi connectivity index (χ1) is 13.6. The molecule has 2 aliphatic rings. The number of aliphatic hydroxyl groups excluding tert-OH is 1. The topological polar surface area (TPSA) is 58.8 Å². The van der Waals surface area contributed by atoms with E-state index in [1.807, 2.05) is 54.6 Å². The van der Waals surface area contributed by atoms with Crippen molar-refractivity contribution < 1.29 is 19.4 Å². The highest BCUT2D eigenvalue weighted by molar-refractivity contribution is 6.30. The van der Waals surface area contributed by atoms with E-state index >= 15 is 0 Å². The first-order valence-electron chi connectivity index (χ1n) is 9.36. The lowest BCUT2D eigenvalue weighted by atomic mass is 9.93. The molecule has 2 aromatic carbocycles. The van der Waals surface area contributed by atoms with Crippen LogP contribution in [0.2, 0.25) is 5.02 Å². The predicted molar refractivity (Wildman–Crippen MR) is 105 cm³/mol. The van der Waals surface area contributed by atoms with Gasteiger partial charge in [-0.1, -0.05) is 48.0 Å². The smallest absolute Gasteiger partial charge is 0.288 e. The highest BCUT2D eigenvalue weighted by atomic mass is 35.5. The van der Waals surface area contributed by atoms with Crippen LogP contribution in [-0.2, 0) is 27.5 Å². The minimum Gasteiger partial charge on any atom is -0.459 e. The monoisotopic (exact) mass is 399 g/mol. The molecule has 6 heteroatoms. The molecule has 2 atom stereocenters. The van der Waals surface area contributed by atoms with E-state index in [1.165, 1.54) is 0 Å². The van der Waals surface area contributed by atoms with Crippen molar-refractivity contribution in [2.45, 2.75) is 31.8 Å². The number of carbonyl (C=O) groups is 1. The second kappa shape index (κ2) is 8.35. The standard InChI is InChI=1S/C22H22ClNO4/c23-19-7-5-17(6-8-19)18-11-20(22(26)24-9-10-24)28-21(12-18)27-14-16-3-1-15(13-25)2-4-16/h1-8,11,18,21,25H,9-10,12-14H2/t18-,21+/m1/s1. The van der Waals surface area contributed by atoms with Crippen LogP contribution in [0.1, 0.15) is 29.0 Å². The zero-order valence-electron chi connectivity index (χ0n) is 15.4. The van der Waals surface area contributed by atoms with Crippen molar-refractivity contribution in [1.82, 2.24) is 4.90 Å². The number of nitrogens with zero attached hydrogens (tertiary/aromatic N) is 1. The van der Waals surface area contributed by atoms with Crippen molar-refractivity contribution >= 4 is 17.5 Å². The maximum absolute atomic E-state index is 12.5. The highest BCUT2D eigenvalue weighted by Crippen LogP contribution is 2.33. The minimum absolute atomic E-state index is 0.0163. The Bertz CT molecular complexity index is 859. The molecule has 1 N–H and O–H groups in total. The van der Waals surface area contributed by atoms with Gasteiger partial charge in [0.2, 0.25) is 6.29 Å². The van der Waals surface area contributed by atoms with Crippen molar-refractivity contribution in [2.24, 2.45) is 0 Å². The van der Waals surface area contributed by atoms with E-state index < -0.39 is 6.29 Å². The summed E-state index contributed by atoms with van der Waals surface area (Å²) in [5.74, 6) is 0.288. The summed E-state index contributed by atoms with van der Waals surface area (Å²) in [5.41, 5.74) is 2.91. The van der Waals surface area contributed by atoms with Crippen LogP contribution in [0.15, 0.2) is 60.4 Å². The van der Waals surface area contributed by atoms with Crippen molar-refractivity contribution in [1.29, 1.82) is 0 Å². The highest BCUT2D eigenvalue weighted by Gasteiger charge is 2.34. The largest absolute Gasteiger partial charge is 0.459 e. The Kier molecular flexibility index (Phi) is 5.67. The van der Waals surface area contributed by atoms with Gasteiger partial charge in [-0.2, -0.15) is 0 Å². The average molecular weight is 400 g/mol. The molecule has 28 heavy (non-hydrogen) atoms. The summed E-state index contributed by atoms with van der Waals surface area (Å²) in [7, 11) is 0. The van der Waals surface area contributed by atoms with Crippen molar-refractivity contribution in [2.75, 3.05) is 13.1 Å². The minimum atomic E-state index is -0.512. The molecule has 0 aromatic heterocycles. The molecule has 1 amide bonds. The number of halogens is 1. The fraction of sp³-hybridized carbons (Fsp3) is 0.318. The molecule has 5 nitrogen and oxygen atoms in total. The normalized spacial score (nSPS) is 21.1. The SMILES string of the molecule is O=C(C1=C[C@@H](c2ccc(Cl)cc2)C[C@@H](OCc2ccc(CO)cc2)O1)N1CC1. The van der Waals surface area contributed by atoms with Gasteiger partial charge in [0.1, 0.15) is 0 Å². The van der Waals surface area contributed by atoms with Crippen LogP contribution >= 0.6 is 11.6 Å². The molecule has 4 rings (SSSR count). The third-order valence-corrected chi connectivity index (χ3v) is 5.19.